The van der Waals surface area contributed by atoms with Crippen LogP contribution < -0.4 is 0 Å². The minimum absolute atomic E-state index is 0.0291. The molecular formula is C10H21N3. The van der Waals surface area contributed by atoms with Crippen molar-refractivity contribution in [2.75, 3.05) is 26.7 Å². The summed E-state index contributed by atoms with van der Waals surface area (Å²) >= 11 is 0. The van der Waals surface area contributed by atoms with Gasteiger partial charge in [-0.05, 0) is 27.7 Å². The molecule has 0 aromatic carbocycles. The van der Waals surface area contributed by atoms with E-state index in [9.17, 15) is 0 Å². The van der Waals surface area contributed by atoms with Crippen molar-refractivity contribution >= 4 is 5.96 Å². The topological polar surface area (TPSA) is 18.8 Å². The van der Waals surface area contributed by atoms with Gasteiger partial charge in [0.15, 0.2) is 5.96 Å². The molecule has 3 nitrogen and oxygen atoms in total. The Morgan fingerprint density at radius 3 is 2.38 bits per heavy atom. The Kier molecular flexibility index (Phi) is 2.84. The third-order valence-corrected chi connectivity index (χ3v) is 2.15. The molecule has 13 heavy (non-hydrogen) atoms. The fraction of sp³-hybridized carbons (Fsp3) is 0.900. The van der Waals surface area contributed by atoms with E-state index in [1.807, 2.05) is 0 Å². The summed E-state index contributed by atoms with van der Waals surface area (Å²) in [6.07, 6.45) is 0. The van der Waals surface area contributed by atoms with Crippen molar-refractivity contribution in [3.8, 4) is 0 Å². The fourth-order valence-corrected chi connectivity index (χ4v) is 1.47. The first-order valence-corrected chi connectivity index (χ1v) is 5.00. The van der Waals surface area contributed by atoms with E-state index in [0.717, 1.165) is 25.6 Å². The van der Waals surface area contributed by atoms with Gasteiger partial charge in [-0.3, -0.25) is 0 Å². The van der Waals surface area contributed by atoms with Crippen LogP contribution in [-0.2, 0) is 0 Å². The Labute approximate surface area is 81.4 Å². The zero-order valence-corrected chi connectivity index (χ0v) is 9.46. The molecule has 1 heterocycles. The lowest BCUT2D eigenvalue weighted by Gasteiger charge is -2.23. The third-order valence-electron chi connectivity index (χ3n) is 2.15. The van der Waals surface area contributed by atoms with Gasteiger partial charge >= 0.3 is 0 Å². The Bertz CT molecular complexity index is 203. The fourth-order valence-electron chi connectivity index (χ4n) is 1.47. The maximum absolute atomic E-state index is 4.71. The van der Waals surface area contributed by atoms with Gasteiger partial charge in [-0.2, -0.15) is 0 Å². The molecule has 0 N–H and O–H groups in total. The van der Waals surface area contributed by atoms with E-state index in [1.54, 1.807) is 0 Å². The van der Waals surface area contributed by atoms with Crippen molar-refractivity contribution in [1.82, 2.24) is 9.80 Å². The Balaban J connectivity index is 2.80. The van der Waals surface area contributed by atoms with E-state index in [0.29, 0.717) is 0 Å². The van der Waals surface area contributed by atoms with Crippen molar-refractivity contribution < 1.29 is 0 Å². The van der Waals surface area contributed by atoms with Gasteiger partial charge in [-0.25, -0.2) is 4.99 Å². The van der Waals surface area contributed by atoms with Crippen molar-refractivity contribution in [2.24, 2.45) is 4.99 Å². The minimum atomic E-state index is 0.0291. The predicted octanol–water partition coefficient (Wildman–Crippen LogP) is 1.41. The highest BCUT2D eigenvalue weighted by atomic mass is 15.4. The number of aliphatic imine (C=N–C) groups is 1. The average molecular weight is 183 g/mol. The zero-order valence-electron chi connectivity index (χ0n) is 9.46. The van der Waals surface area contributed by atoms with Gasteiger partial charge in [0, 0.05) is 26.7 Å². The second kappa shape index (κ2) is 3.56. The second-order valence-electron chi connectivity index (χ2n) is 4.58. The molecule has 0 aromatic heterocycles. The summed E-state index contributed by atoms with van der Waals surface area (Å²) in [5.41, 5.74) is 0.0291. The van der Waals surface area contributed by atoms with Crippen LogP contribution in [0.4, 0.5) is 0 Å². The molecular weight excluding hydrogens is 162 g/mol. The SMILES string of the molecule is CCN1CCN(C)C1=NC(C)(C)C. The first-order valence-electron chi connectivity index (χ1n) is 5.00. The van der Waals surface area contributed by atoms with Crippen LogP contribution in [0.3, 0.4) is 0 Å². The summed E-state index contributed by atoms with van der Waals surface area (Å²) in [6.45, 7) is 11.9. The third kappa shape index (κ3) is 2.61. The van der Waals surface area contributed by atoms with Crippen molar-refractivity contribution in [3.63, 3.8) is 0 Å². The molecule has 0 amide bonds. The molecule has 76 valence electrons. The Hall–Kier alpha value is -0.730. The zero-order chi connectivity index (χ0) is 10.1. The minimum Gasteiger partial charge on any atom is -0.344 e. The summed E-state index contributed by atoms with van der Waals surface area (Å²) < 4.78 is 0. The van der Waals surface area contributed by atoms with Crippen LogP contribution >= 0.6 is 0 Å². The summed E-state index contributed by atoms with van der Waals surface area (Å²) in [5, 5.41) is 0. The molecule has 0 spiro atoms. The lowest BCUT2D eigenvalue weighted by Crippen LogP contribution is -2.34. The molecule has 0 unspecified atom stereocenters. The highest BCUT2D eigenvalue weighted by molar-refractivity contribution is 5.82. The Morgan fingerprint density at radius 2 is 1.92 bits per heavy atom. The van der Waals surface area contributed by atoms with Gasteiger partial charge < -0.3 is 9.80 Å². The normalized spacial score (nSPS) is 21.8. The molecule has 0 bridgehead atoms. The molecule has 0 saturated carbocycles. The number of nitrogens with zero attached hydrogens (tertiary/aromatic N) is 3. The molecule has 0 atom stereocenters. The smallest absolute Gasteiger partial charge is 0.196 e. The lowest BCUT2D eigenvalue weighted by atomic mass is 10.1. The quantitative estimate of drug-likeness (QED) is 0.612. The van der Waals surface area contributed by atoms with E-state index in [1.165, 1.54) is 0 Å². The van der Waals surface area contributed by atoms with Crippen LogP contribution in [0, 0.1) is 0 Å². The predicted molar refractivity (Wildman–Crippen MR) is 57.1 cm³/mol. The van der Waals surface area contributed by atoms with Crippen molar-refractivity contribution in [2.45, 2.75) is 33.2 Å². The first-order chi connectivity index (χ1) is 5.94. The number of hydrogen-bond acceptors (Lipinski definition) is 1. The number of hydrogen-bond donors (Lipinski definition) is 0. The van der Waals surface area contributed by atoms with E-state index >= 15 is 0 Å². The number of likely N-dealkylation sites (N-methyl/N-ethyl adjacent to an activating group) is 2. The van der Waals surface area contributed by atoms with E-state index in [2.05, 4.69) is 44.5 Å². The molecule has 1 rings (SSSR count). The molecule has 3 heteroatoms. The van der Waals surface area contributed by atoms with Crippen LogP contribution in [0.15, 0.2) is 4.99 Å². The molecule has 1 fully saturated rings. The van der Waals surface area contributed by atoms with Gasteiger partial charge in [-0.15, -0.1) is 0 Å². The van der Waals surface area contributed by atoms with Gasteiger partial charge in [0.05, 0.1) is 5.54 Å². The van der Waals surface area contributed by atoms with Gasteiger partial charge in [0.1, 0.15) is 0 Å². The Morgan fingerprint density at radius 1 is 1.31 bits per heavy atom. The van der Waals surface area contributed by atoms with Crippen LogP contribution in [0.25, 0.3) is 0 Å². The lowest BCUT2D eigenvalue weighted by molar-refractivity contribution is 0.472. The molecule has 1 aliphatic rings. The van der Waals surface area contributed by atoms with Crippen LogP contribution in [0.1, 0.15) is 27.7 Å². The summed E-state index contributed by atoms with van der Waals surface area (Å²) in [4.78, 5) is 9.27. The number of rotatable bonds is 1. The highest BCUT2D eigenvalue weighted by Gasteiger charge is 2.23. The summed E-state index contributed by atoms with van der Waals surface area (Å²) in [5.74, 6) is 1.15. The van der Waals surface area contributed by atoms with Gasteiger partial charge in [0.2, 0.25) is 0 Å². The van der Waals surface area contributed by atoms with Crippen LogP contribution in [-0.4, -0.2) is 48.0 Å². The number of guanidine groups is 1. The van der Waals surface area contributed by atoms with Gasteiger partial charge in [0.25, 0.3) is 0 Å². The van der Waals surface area contributed by atoms with E-state index in [4.69, 9.17) is 4.99 Å². The molecule has 0 radical (unpaired) electrons. The van der Waals surface area contributed by atoms with E-state index < -0.39 is 0 Å². The first kappa shape index (κ1) is 10.4. The second-order valence-corrected chi connectivity index (χ2v) is 4.58. The average Bonchev–Trinajstić information content (AvgIpc) is 2.30. The van der Waals surface area contributed by atoms with Crippen LogP contribution in [0.5, 0.6) is 0 Å². The highest BCUT2D eigenvalue weighted by Crippen LogP contribution is 2.13. The van der Waals surface area contributed by atoms with Crippen LogP contribution in [0.2, 0.25) is 0 Å². The molecule has 1 saturated heterocycles. The summed E-state index contributed by atoms with van der Waals surface area (Å²) in [7, 11) is 2.11. The van der Waals surface area contributed by atoms with Crippen molar-refractivity contribution in [1.29, 1.82) is 0 Å². The summed E-state index contributed by atoms with van der Waals surface area (Å²) in [6, 6.07) is 0. The maximum atomic E-state index is 4.71. The maximum Gasteiger partial charge on any atom is 0.196 e. The monoisotopic (exact) mass is 183 g/mol. The standard InChI is InChI=1S/C10H21N3/c1-6-13-8-7-12(5)9(13)11-10(2,3)4/h6-8H2,1-5H3. The molecule has 0 aromatic rings. The van der Waals surface area contributed by atoms with E-state index in [-0.39, 0.29) is 5.54 Å². The largest absolute Gasteiger partial charge is 0.344 e. The molecule has 1 aliphatic heterocycles. The van der Waals surface area contributed by atoms with Gasteiger partial charge in [-0.1, -0.05) is 0 Å². The van der Waals surface area contributed by atoms with Crippen molar-refractivity contribution in [3.05, 3.63) is 0 Å². The molecule has 0 aliphatic carbocycles.